The second-order valence-corrected chi connectivity index (χ2v) is 15.9. The molecule has 0 amide bonds. The van der Waals surface area contributed by atoms with Crippen LogP contribution in [0.3, 0.4) is 0 Å². The van der Waals surface area contributed by atoms with Gasteiger partial charge in [-0.15, -0.1) is 9.05 Å². The van der Waals surface area contributed by atoms with Gasteiger partial charge in [-0.05, 0) is 9.25 Å². The monoisotopic (exact) mass is 1190 g/mol. The van der Waals surface area contributed by atoms with Crippen LogP contribution in [-0.2, 0) is 41.6 Å². The van der Waals surface area contributed by atoms with Crippen LogP contribution < -0.4 is 11.8 Å². The molecule has 0 spiro atoms. The van der Waals surface area contributed by atoms with Gasteiger partial charge in [0.15, 0.2) is 0 Å². The number of halogens is 30. The normalized spacial score (nSPS) is 16.2. The molecule has 0 aromatic heterocycles. The molecule has 0 aliphatic carbocycles. The lowest BCUT2D eigenvalue weighted by molar-refractivity contribution is -0.446. The second-order valence-electron chi connectivity index (χ2n) is 10.3. The minimum absolute atomic E-state index is 0.797. The summed E-state index contributed by atoms with van der Waals surface area (Å²) >= 11 is -2.49. The summed E-state index contributed by atoms with van der Waals surface area (Å²) in [6.07, 6.45) is -53.8. The number of hydrogen-bond acceptors (Lipinski definition) is 15. The fourth-order valence-corrected chi connectivity index (χ4v) is 4.96. The Labute approximate surface area is 368 Å². The Hall–Kier alpha value is -1.25. The summed E-state index contributed by atoms with van der Waals surface area (Å²) in [6.45, 7) is -2.62. The fourth-order valence-electron chi connectivity index (χ4n) is 2.33. The molecule has 0 rings (SSSR count). The lowest BCUT2D eigenvalue weighted by Gasteiger charge is -2.30. The van der Waals surface area contributed by atoms with Crippen molar-refractivity contribution < 1.29 is 178 Å². The average molecular weight is 1190 g/mol. The van der Waals surface area contributed by atoms with Gasteiger partial charge in [-0.1, -0.05) is 35.3 Å². The molecule has 0 saturated heterocycles. The second kappa shape index (κ2) is 26.6. The van der Waals surface area contributed by atoms with Crippen LogP contribution in [0.15, 0.2) is 0 Å². The number of aliphatic hydroxyl groups is 1. The van der Waals surface area contributed by atoms with Crippen LogP contribution in [0.2, 0.25) is 0 Å². The Kier molecular flexibility index (Phi) is 27.8. The molecule has 68 heavy (non-hydrogen) atoms. The first-order valence-corrected chi connectivity index (χ1v) is 20.0. The van der Waals surface area contributed by atoms with E-state index in [-0.39, 0.29) is 0 Å². The summed E-state index contributed by atoms with van der Waals surface area (Å²) in [6, 6.07) is 0. The van der Waals surface area contributed by atoms with Crippen LogP contribution in [0, 0.1) is 0 Å². The van der Waals surface area contributed by atoms with Gasteiger partial charge in [-0.3, -0.25) is 14.2 Å². The molecule has 0 aromatic carbocycles. The summed E-state index contributed by atoms with van der Waals surface area (Å²) < 4.78 is 414. The smallest absolute Gasteiger partial charge is 0.396 e. The minimum Gasteiger partial charge on any atom is -0.396 e. The van der Waals surface area contributed by atoms with Gasteiger partial charge in [0.25, 0.3) is 19.1 Å². The zero-order chi connectivity index (χ0) is 55.2. The molecule has 5 N–H and O–H groups in total. The van der Waals surface area contributed by atoms with Gasteiger partial charge >= 0.3 is 86.9 Å². The van der Waals surface area contributed by atoms with Crippen molar-refractivity contribution in [2.75, 3.05) is 37.1 Å². The fraction of sp³-hybridized carbons (Fsp3) is 1.00. The van der Waals surface area contributed by atoms with Crippen LogP contribution >= 0.6 is 51.8 Å². The first-order valence-electron chi connectivity index (χ1n) is 14.9. The van der Waals surface area contributed by atoms with E-state index in [0.29, 0.717) is 0 Å². The van der Waals surface area contributed by atoms with Crippen LogP contribution in [0.25, 0.3) is 0 Å². The Bertz CT molecular complexity index is 1460. The van der Waals surface area contributed by atoms with Crippen molar-refractivity contribution in [3.05, 3.63) is 0 Å². The molecule has 5 unspecified atom stereocenters. The highest BCUT2D eigenvalue weighted by molar-refractivity contribution is 8.00. The highest BCUT2D eigenvalue weighted by Crippen LogP contribution is 2.52. The average Bonchev–Trinajstić information content (AvgIpc) is 3.15. The van der Waals surface area contributed by atoms with Gasteiger partial charge < -0.3 is 5.11 Å². The molecule has 0 fully saturated rings. The third-order valence-corrected chi connectivity index (χ3v) is 9.39. The molecule has 410 valence electrons. The summed E-state index contributed by atoms with van der Waals surface area (Å²) in [5.41, 5.74) is 0. The third kappa shape index (κ3) is 21.5. The number of thioether (sulfide) groups is 3. The van der Waals surface area contributed by atoms with Crippen molar-refractivity contribution in [1.82, 2.24) is 0 Å². The maximum absolute atomic E-state index is 13.1. The first-order chi connectivity index (χ1) is 29.9. The van der Waals surface area contributed by atoms with E-state index in [4.69, 9.17) is 5.11 Å². The first kappa shape index (κ1) is 71.0. The molecular formula is C21H20F30N2O10P2S3+2. The van der Waals surface area contributed by atoms with Crippen molar-refractivity contribution in [2.24, 2.45) is 11.8 Å². The maximum Gasteiger partial charge on any atom is 0.716 e. The Morgan fingerprint density at radius 3 is 0.794 bits per heavy atom. The maximum atomic E-state index is 13.1. The Balaban J connectivity index is -0.000000937. The predicted octanol–water partition coefficient (Wildman–Crippen LogP) is 11.4. The van der Waals surface area contributed by atoms with E-state index in [9.17, 15) is 141 Å². The molecule has 0 aromatic rings. The SMILES string of the molecule is NO[P+](=O)OCCSC(F)(F)C(F)OC(F)(F)C(F)(F)C(F)(F)F.NO[P+](=O)OCCSC(F)(F)C(F)OC(F)(F)C(F)(F)C(F)(F)F.OCCSC(F)(F)C(F)OC(F)(F)C(F)(F)C(F)(F)F. The lowest BCUT2D eigenvalue weighted by atomic mass is 10.3. The number of alkyl halides is 30. The van der Waals surface area contributed by atoms with E-state index in [1.807, 2.05) is 0 Å². The van der Waals surface area contributed by atoms with Gasteiger partial charge in [-0.2, -0.15) is 130 Å². The number of nitrogens with two attached hydrogens (primary N) is 2. The van der Waals surface area contributed by atoms with Gasteiger partial charge in [0.05, 0.1) is 6.61 Å². The standard InChI is InChI=1S/2C7H7F10NO4PS.C7H6F10O2S/c2*8-3(4(9,10)24-2-1-20-23(19)22-18)21-7(16,17)5(11,12)6(13,14)15;8-3(4(9,10)20-2-1-18)19-7(16,17)5(11,12)6(13,14)15/h2*3H,1-2,18H2;3,18H,1-2H2/q2*+1;. The minimum atomic E-state index is -6.91. The molecule has 0 bridgehead atoms. The zero-order valence-corrected chi connectivity index (χ0v) is 34.9. The van der Waals surface area contributed by atoms with Gasteiger partial charge in [0.2, 0.25) is 0 Å². The summed E-state index contributed by atoms with van der Waals surface area (Å²) in [4.78, 5) is 0. The van der Waals surface area contributed by atoms with Gasteiger partial charge in [-0.25, -0.2) is 13.2 Å². The lowest BCUT2D eigenvalue weighted by Crippen LogP contribution is -2.55. The molecule has 12 nitrogen and oxygen atoms in total. The largest absolute Gasteiger partial charge is 0.716 e. The van der Waals surface area contributed by atoms with E-state index in [1.54, 1.807) is 0 Å². The van der Waals surface area contributed by atoms with Crippen molar-refractivity contribution in [3.8, 4) is 0 Å². The molecule has 0 radical (unpaired) electrons. The summed E-state index contributed by atoms with van der Waals surface area (Å²) in [7, 11) is -5.78. The van der Waals surface area contributed by atoms with E-state index in [1.165, 1.54) is 0 Å². The third-order valence-electron chi connectivity index (χ3n) is 5.42. The van der Waals surface area contributed by atoms with Crippen LogP contribution in [0.1, 0.15) is 0 Å². The van der Waals surface area contributed by atoms with Crippen molar-refractivity contribution >= 4 is 51.8 Å². The highest BCUT2D eigenvalue weighted by Gasteiger charge is 2.78. The molecule has 0 aliphatic rings. The van der Waals surface area contributed by atoms with Crippen LogP contribution in [-0.4, -0.2) is 132 Å². The molecule has 0 aliphatic heterocycles. The van der Waals surface area contributed by atoms with Crippen LogP contribution in [0.4, 0.5) is 132 Å². The topological polar surface area (TPSA) is 171 Å². The predicted molar refractivity (Wildman–Crippen MR) is 163 cm³/mol. The van der Waals surface area contributed by atoms with E-state index < -0.39 is 178 Å². The van der Waals surface area contributed by atoms with E-state index >= 15 is 0 Å². The molecular weight excluding hydrogens is 1170 g/mol. The van der Waals surface area contributed by atoms with Crippen LogP contribution in [0.5, 0.6) is 0 Å². The quantitative estimate of drug-likeness (QED) is 0.0307. The van der Waals surface area contributed by atoms with Gasteiger partial charge in [0, 0.05) is 26.4 Å². The number of hydrogen-bond donors (Lipinski definition) is 3. The van der Waals surface area contributed by atoms with Crippen molar-refractivity contribution in [2.45, 2.75) is 89.5 Å². The zero-order valence-electron chi connectivity index (χ0n) is 30.7. The number of aliphatic hydroxyl groups excluding tert-OH is 1. The van der Waals surface area contributed by atoms with Gasteiger partial charge in [0.1, 0.15) is 13.2 Å². The molecule has 47 heteroatoms. The van der Waals surface area contributed by atoms with Crippen molar-refractivity contribution in [1.29, 1.82) is 0 Å². The number of rotatable bonds is 27. The number of ether oxygens (including phenoxy) is 3. The Morgan fingerprint density at radius 2 is 0.618 bits per heavy atom. The Morgan fingerprint density at radius 1 is 0.412 bits per heavy atom. The van der Waals surface area contributed by atoms with Crippen molar-refractivity contribution in [3.63, 3.8) is 0 Å². The molecule has 0 heterocycles. The van der Waals surface area contributed by atoms with E-state index in [0.717, 1.165) is 0 Å². The summed E-state index contributed by atoms with van der Waals surface area (Å²) in [5, 5.41) is -6.62. The molecule has 0 saturated carbocycles. The summed E-state index contributed by atoms with van der Waals surface area (Å²) in [5.74, 6) is -14.8. The highest BCUT2D eigenvalue weighted by atomic mass is 32.2. The van der Waals surface area contributed by atoms with E-state index in [2.05, 4.69) is 44.3 Å². The molecule has 5 atom stereocenters.